The van der Waals surface area contributed by atoms with Crippen molar-refractivity contribution in [2.24, 2.45) is 0 Å². The van der Waals surface area contributed by atoms with Gasteiger partial charge in [-0.15, -0.1) is 0 Å². The van der Waals surface area contributed by atoms with Gasteiger partial charge in [0.25, 0.3) is 6.17 Å². The average Bonchev–Trinajstić information content (AvgIpc) is 1.88. The van der Waals surface area contributed by atoms with Crippen molar-refractivity contribution >= 4 is 11.8 Å². The molecule has 0 aromatic heterocycles. The van der Waals surface area contributed by atoms with E-state index in [9.17, 15) is 10.1 Å². The Morgan fingerprint density at radius 3 is 2.90 bits per heavy atom. The number of hydrogen-bond donors (Lipinski definition) is 1. The number of piperazine rings is 1. The van der Waals surface area contributed by atoms with Gasteiger partial charge in [-0.1, -0.05) is 0 Å². The fourth-order valence-corrected chi connectivity index (χ4v) is 1.05. The minimum Gasteiger partial charge on any atom is -0.263 e. The van der Waals surface area contributed by atoms with E-state index in [1.165, 1.54) is 4.42 Å². The van der Waals surface area contributed by atoms with Gasteiger partial charge in [0, 0.05) is 18.0 Å². The van der Waals surface area contributed by atoms with Crippen molar-refractivity contribution < 1.29 is 4.92 Å². The van der Waals surface area contributed by atoms with E-state index in [2.05, 4.69) is 5.32 Å². The smallest absolute Gasteiger partial charge is 0.263 e. The Balaban J connectivity index is 2.39. The Morgan fingerprint density at radius 2 is 2.50 bits per heavy atom. The summed E-state index contributed by atoms with van der Waals surface area (Å²) in [6.45, 7) is 1.51. The highest BCUT2D eigenvalue weighted by Gasteiger charge is 2.25. The van der Waals surface area contributed by atoms with Crippen molar-refractivity contribution in [3.63, 3.8) is 0 Å². The highest BCUT2D eigenvalue weighted by atomic mass is 35.5. The van der Waals surface area contributed by atoms with Gasteiger partial charge in [-0.25, -0.2) is 4.42 Å². The van der Waals surface area contributed by atoms with Crippen LogP contribution in [0, 0.1) is 10.1 Å². The monoisotopic (exact) mass is 165 g/mol. The lowest BCUT2D eigenvalue weighted by Gasteiger charge is -2.22. The molecule has 1 N–H and O–H groups in total. The van der Waals surface area contributed by atoms with Crippen molar-refractivity contribution in [3.05, 3.63) is 10.1 Å². The number of nitro groups is 1. The maximum Gasteiger partial charge on any atom is 0.280 e. The van der Waals surface area contributed by atoms with Gasteiger partial charge in [0.05, 0.1) is 6.54 Å². The molecule has 0 radical (unpaired) electrons. The molecule has 1 aliphatic rings. The zero-order valence-corrected chi connectivity index (χ0v) is 6.04. The van der Waals surface area contributed by atoms with Crippen LogP contribution in [-0.4, -0.2) is 35.1 Å². The highest BCUT2D eigenvalue weighted by Crippen LogP contribution is 2.01. The maximum atomic E-state index is 10.2. The van der Waals surface area contributed by atoms with E-state index in [0.717, 1.165) is 0 Å². The largest absolute Gasteiger partial charge is 0.280 e. The predicted octanol–water partition coefficient (Wildman–Crippen LogP) is -0.352. The Bertz CT molecular complexity index is 142. The number of hydrogen-bond acceptors (Lipinski definition) is 4. The third kappa shape index (κ3) is 1.80. The van der Waals surface area contributed by atoms with E-state index in [4.69, 9.17) is 11.8 Å². The van der Waals surface area contributed by atoms with Gasteiger partial charge in [-0.2, -0.15) is 0 Å². The van der Waals surface area contributed by atoms with Crippen LogP contribution in [0.3, 0.4) is 0 Å². The Kier molecular flexibility index (Phi) is 2.42. The van der Waals surface area contributed by atoms with E-state index < -0.39 is 6.17 Å². The summed E-state index contributed by atoms with van der Waals surface area (Å²) in [5, 5.41) is 12.9. The van der Waals surface area contributed by atoms with E-state index >= 15 is 0 Å². The molecule has 0 aliphatic carbocycles. The summed E-state index contributed by atoms with van der Waals surface area (Å²) in [7, 11) is 0. The molecule has 0 saturated carbocycles. The number of halogens is 1. The van der Waals surface area contributed by atoms with Gasteiger partial charge < -0.3 is 0 Å². The van der Waals surface area contributed by atoms with Crippen LogP contribution in [-0.2, 0) is 0 Å². The second-order valence-corrected chi connectivity index (χ2v) is 2.60. The molecule has 6 heteroatoms. The quantitative estimate of drug-likeness (QED) is 0.328. The minimum atomic E-state index is -0.703. The average molecular weight is 166 g/mol. The predicted molar refractivity (Wildman–Crippen MR) is 36.2 cm³/mol. The van der Waals surface area contributed by atoms with Crippen molar-refractivity contribution in [1.82, 2.24) is 9.74 Å². The standard InChI is InChI=1S/C4H8ClN3O2/c5-7-2-1-6-4(3-7)8(9)10/h4,6H,1-3H2. The molecule has 0 amide bonds. The van der Waals surface area contributed by atoms with Gasteiger partial charge in [0.15, 0.2) is 0 Å². The lowest BCUT2D eigenvalue weighted by Crippen LogP contribution is -2.51. The third-order valence-corrected chi connectivity index (χ3v) is 1.67. The molecule has 1 fully saturated rings. The fraction of sp³-hybridized carbons (Fsp3) is 1.00. The first-order valence-electron chi connectivity index (χ1n) is 2.98. The maximum absolute atomic E-state index is 10.2. The molecule has 1 aliphatic heterocycles. The van der Waals surface area contributed by atoms with Crippen LogP contribution in [0.25, 0.3) is 0 Å². The van der Waals surface area contributed by atoms with Crippen LogP contribution >= 0.6 is 11.8 Å². The van der Waals surface area contributed by atoms with E-state index in [0.29, 0.717) is 13.1 Å². The van der Waals surface area contributed by atoms with Gasteiger partial charge in [0.2, 0.25) is 0 Å². The number of rotatable bonds is 1. The first-order chi connectivity index (χ1) is 4.70. The summed E-state index contributed by atoms with van der Waals surface area (Å²) in [6.07, 6.45) is -0.703. The SMILES string of the molecule is O=[N+]([O-])C1CN(Cl)CCN1. The first kappa shape index (κ1) is 7.71. The molecule has 58 valence electrons. The first-order valence-corrected chi connectivity index (χ1v) is 3.31. The van der Waals surface area contributed by atoms with Crippen LogP contribution in [0.15, 0.2) is 0 Å². The second kappa shape index (κ2) is 3.14. The zero-order chi connectivity index (χ0) is 7.56. The van der Waals surface area contributed by atoms with Crippen molar-refractivity contribution in [1.29, 1.82) is 0 Å². The summed E-state index contributed by atoms with van der Waals surface area (Å²) >= 11 is 5.54. The van der Waals surface area contributed by atoms with E-state index in [1.54, 1.807) is 0 Å². The molecular weight excluding hydrogens is 158 g/mol. The summed E-state index contributed by atoms with van der Waals surface area (Å²) in [5.41, 5.74) is 0. The van der Waals surface area contributed by atoms with Crippen LogP contribution in [0.2, 0.25) is 0 Å². The van der Waals surface area contributed by atoms with Crippen LogP contribution in [0.4, 0.5) is 0 Å². The van der Waals surface area contributed by atoms with Crippen LogP contribution < -0.4 is 5.32 Å². The molecule has 0 spiro atoms. The summed E-state index contributed by atoms with van der Waals surface area (Å²) in [4.78, 5) is 9.79. The van der Waals surface area contributed by atoms with E-state index in [1.807, 2.05) is 0 Å². The minimum absolute atomic E-state index is 0.272. The topological polar surface area (TPSA) is 58.4 Å². The van der Waals surface area contributed by atoms with Gasteiger partial charge >= 0.3 is 0 Å². The molecule has 0 bridgehead atoms. The Labute approximate surface area is 63.2 Å². The molecule has 1 saturated heterocycles. The number of nitrogens with zero attached hydrogens (tertiary/aromatic N) is 2. The van der Waals surface area contributed by atoms with Gasteiger partial charge in [-0.3, -0.25) is 15.4 Å². The third-order valence-electron chi connectivity index (χ3n) is 1.36. The lowest BCUT2D eigenvalue weighted by atomic mass is 10.4. The summed E-state index contributed by atoms with van der Waals surface area (Å²) in [5.74, 6) is 0. The fourth-order valence-electron chi connectivity index (χ4n) is 0.837. The molecule has 1 atom stereocenters. The lowest BCUT2D eigenvalue weighted by molar-refractivity contribution is -0.531. The van der Waals surface area contributed by atoms with Crippen molar-refractivity contribution in [3.8, 4) is 0 Å². The summed E-state index contributed by atoms with van der Waals surface area (Å²) in [6, 6.07) is 0. The molecular formula is C4H8ClN3O2. The molecule has 5 nitrogen and oxygen atoms in total. The Morgan fingerprint density at radius 1 is 1.80 bits per heavy atom. The van der Waals surface area contributed by atoms with Crippen LogP contribution in [0.5, 0.6) is 0 Å². The zero-order valence-electron chi connectivity index (χ0n) is 5.29. The molecule has 1 unspecified atom stereocenters. The van der Waals surface area contributed by atoms with Crippen molar-refractivity contribution in [2.75, 3.05) is 19.6 Å². The van der Waals surface area contributed by atoms with E-state index in [-0.39, 0.29) is 11.5 Å². The molecule has 0 aromatic rings. The second-order valence-electron chi connectivity index (χ2n) is 2.12. The van der Waals surface area contributed by atoms with Crippen molar-refractivity contribution in [2.45, 2.75) is 6.17 Å². The Hall–Kier alpha value is -0.390. The molecule has 0 aromatic carbocycles. The normalized spacial score (nSPS) is 28.3. The molecule has 1 heterocycles. The van der Waals surface area contributed by atoms with Gasteiger partial charge in [-0.05, 0) is 11.8 Å². The van der Waals surface area contributed by atoms with Crippen LogP contribution in [0.1, 0.15) is 0 Å². The molecule has 10 heavy (non-hydrogen) atoms. The highest BCUT2D eigenvalue weighted by molar-refractivity contribution is 6.13. The summed E-state index contributed by atoms with van der Waals surface area (Å²) < 4.78 is 1.42. The molecule has 1 rings (SSSR count). The number of nitrogens with one attached hydrogen (secondary N) is 1. The van der Waals surface area contributed by atoms with Gasteiger partial charge in [0.1, 0.15) is 0 Å².